The summed E-state index contributed by atoms with van der Waals surface area (Å²) in [6.07, 6.45) is 0. The van der Waals surface area contributed by atoms with E-state index in [9.17, 15) is 4.79 Å². The van der Waals surface area contributed by atoms with E-state index < -0.39 is 0 Å². The monoisotopic (exact) mass is 479 g/mol. The van der Waals surface area contributed by atoms with Crippen LogP contribution in [-0.2, 0) is 18.4 Å². The average Bonchev–Trinajstić information content (AvgIpc) is 3.37. The van der Waals surface area contributed by atoms with Crippen molar-refractivity contribution in [2.45, 2.75) is 32.5 Å². The summed E-state index contributed by atoms with van der Waals surface area (Å²) >= 11 is 2.74. The highest BCUT2D eigenvalue weighted by Crippen LogP contribution is 2.26. The van der Waals surface area contributed by atoms with Gasteiger partial charge in [0.2, 0.25) is 5.91 Å². The summed E-state index contributed by atoms with van der Waals surface area (Å²) in [6, 6.07) is 14.2. The number of aromatic nitrogens is 4. The number of nitrogens with one attached hydrogen (secondary N) is 1. The second kappa shape index (κ2) is 10.2. The number of ether oxygens (including phenoxy) is 1. The highest BCUT2D eigenvalue weighted by molar-refractivity contribution is 7.99. The van der Waals surface area contributed by atoms with Crippen molar-refractivity contribution in [1.82, 2.24) is 19.7 Å². The molecule has 2 aromatic carbocycles. The zero-order chi connectivity index (χ0) is 23.4. The SMILES string of the molecule is Cc1ccc(-c2csc(NC(=O)CSc3nnc(COc4cc(C)cc(C)c4)n3C)n2)cc1. The van der Waals surface area contributed by atoms with Crippen molar-refractivity contribution in [2.24, 2.45) is 7.05 Å². The van der Waals surface area contributed by atoms with Crippen molar-refractivity contribution in [3.8, 4) is 17.0 Å². The third kappa shape index (κ3) is 6.00. The van der Waals surface area contributed by atoms with Crippen molar-refractivity contribution in [2.75, 3.05) is 11.1 Å². The predicted octanol–water partition coefficient (Wildman–Crippen LogP) is 5.17. The lowest BCUT2D eigenvalue weighted by Gasteiger charge is -2.08. The molecule has 2 heterocycles. The zero-order valence-corrected chi connectivity index (χ0v) is 20.6. The Morgan fingerprint density at radius 3 is 2.52 bits per heavy atom. The summed E-state index contributed by atoms with van der Waals surface area (Å²) < 4.78 is 7.73. The molecule has 0 aliphatic carbocycles. The van der Waals surface area contributed by atoms with Crippen molar-refractivity contribution >= 4 is 34.1 Å². The van der Waals surface area contributed by atoms with Crippen LogP contribution < -0.4 is 10.1 Å². The lowest BCUT2D eigenvalue weighted by molar-refractivity contribution is -0.113. The van der Waals surface area contributed by atoms with Gasteiger partial charge < -0.3 is 14.6 Å². The normalized spacial score (nSPS) is 10.9. The van der Waals surface area contributed by atoms with Crippen LogP contribution in [0.2, 0.25) is 0 Å². The van der Waals surface area contributed by atoms with E-state index in [1.165, 1.54) is 28.7 Å². The third-order valence-electron chi connectivity index (χ3n) is 4.92. The van der Waals surface area contributed by atoms with E-state index in [1.54, 1.807) is 0 Å². The van der Waals surface area contributed by atoms with Crippen molar-refractivity contribution in [3.63, 3.8) is 0 Å². The molecule has 0 unspecified atom stereocenters. The van der Waals surface area contributed by atoms with Crippen molar-refractivity contribution < 1.29 is 9.53 Å². The number of aryl methyl sites for hydroxylation is 3. The number of carbonyl (C=O) groups is 1. The van der Waals surface area contributed by atoms with E-state index in [0.717, 1.165) is 28.1 Å². The molecule has 0 aliphatic rings. The summed E-state index contributed by atoms with van der Waals surface area (Å²) in [5, 5.41) is 14.4. The second-order valence-corrected chi connectivity index (χ2v) is 9.61. The van der Waals surface area contributed by atoms with E-state index in [-0.39, 0.29) is 11.7 Å². The maximum absolute atomic E-state index is 12.4. The molecule has 0 spiro atoms. The quantitative estimate of drug-likeness (QED) is 0.351. The Hall–Kier alpha value is -3.17. The van der Waals surface area contributed by atoms with Gasteiger partial charge in [-0.1, -0.05) is 47.7 Å². The van der Waals surface area contributed by atoms with Gasteiger partial charge in [0, 0.05) is 18.0 Å². The van der Waals surface area contributed by atoms with Crippen LogP contribution in [0.5, 0.6) is 5.75 Å². The Morgan fingerprint density at radius 1 is 1.06 bits per heavy atom. The van der Waals surface area contributed by atoms with Crippen LogP contribution in [0.15, 0.2) is 53.0 Å². The van der Waals surface area contributed by atoms with Gasteiger partial charge in [-0.3, -0.25) is 4.79 Å². The van der Waals surface area contributed by atoms with E-state index in [2.05, 4.69) is 26.6 Å². The Balaban J connectivity index is 1.30. The molecule has 1 amide bonds. The van der Waals surface area contributed by atoms with E-state index in [0.29, 0.717) is 22.7 Å². The van der Waals surface area contributed by atoms with E-state index >= 15 is 0 Å². The fourth-order valence-electron chi connectivity index (χ4n) is 3.23. The minimum absolute atomic E-state index is 0.138. The van der Waals surface area contributed by atoms with Gasteiger partial charge in [0.1, 0.15) is 12.4 Å². The molecule has 4 rings (SSSR count). The fourth-order valence-corrected chi connectivity index (χ4v) is 4.70. The minimum atomic E-state index is -0.138. The summed E-state index contributed by atoms with van der Waals surface area (Å²) in [4.78, 5) is 16.9. The third-order valence-corrected chi connectivity index (χ3v) is 6.70. The maximum atomic E-state index is 12.4. The Labute approximate surface area is 201 Å². The van der Waals surface area contributed by atoms with Gasteiger partial charge in [-0.05, 0) is 44.0 Å². The maximum Gasteiger partial charge on any atom is 0.236 e. The molecule has 0 radical (unpaired) electrons. The summed E-state index contributed by atoms with van der Waals surface area (Å²) in [5.41, 5.74) is 5.38. The topological polar surface area (TPSA) is 81.9 Å². The van der Waals surface area contributed by atoms with Crippen molar-refractivity contribution in [1.29, 1.82) is 0 Å². The van der Waals surface area contributed by atoms with Gasteiger partial charge in [-0.25, -0.2) is 4.98 Å². The summed E-state index contributed by atoms with van der Waals surface area (Å²) in [7, 11) is 1.87. The predicted molar refractivity (Wildman–Crippen MR) is 133 cm³/mol. The van der Waals surface area contributed by atoms with Crippen molar-refractivity contribution in [3.05, 3.63) is 70.4 Å². The van der Waals surface area contributed by atoms with Gasteiger partial charge in [-0.2, -0.15) is 0 Å². The van der Waals surface area contributed by atoms with Crippen LogP contribution in [0.4, 0.5) is 5.13 Å². The molecular formula is C24H25N5O2S2. The molecule has 0 saturated heterocycles. The molecule has 0 bridgehead atoms. The molecule has 1 N–H and O–H groups in total. The Morgan fingerprint density at radius 2 is 1.79 bits per heavy atom. The number of carbonyl (C=O) groups excluding carboxylic acids is 1. The number of hydrogen-bond acceptors (Lipinski definition) is 7. The molecule has 0 atom stereocenters. The number of anilines is 1. The van der Waals surface area contributed by atoms with Crippen LogP contribution in [0.3, 0.4) is 0 Å². The molecule has 2 aromatic heterocycles. The summed E-state index contributed by atoms with van der Waals surface area (Å²) in [5.74, 6) is 1.57. The molecule has 0 fully saturated rings. The largest absolute Gasteiger partial charge is 0.486 e. The standard InChI is InChI=1S/C24H25N5O2S2/c1-15-5-7-18(8-6-15)20-13-32-23(25-20)26-22(30)14-33-24-28-27-21(29(24)4)12-31-19-10-16(2)9-17(3)11-19/h5-11,13H,12,14H2,1-4H3,(H,25,26,30). The molecule has 33 heavy (non-hydrogen) atoms. The van der Waals surface area contributed by atoms with Gasteiger partial charge in [0.05, 0.1) is 11.4 Å². The average molecular weight is 480 g/mol. The van der Waals surface area contributed by atoms with Gasteiger partial charge in [-0.15, -0.1) is 21.5 Å². The Bertz CT molecular complexity index is 1240. The van der Waals surface area contributed by atoms with Crippen LogP contribution in [0.25, 0.3) is 11.3 Å². The smallest absolute Gasteiger partial charge is 0.236 e. The molecule has 9 heteroatoms. The highest BCUT2D eigenvalue weighted by Gasteiger charge is 2.14. The number of benzene rings is 2. The van der Waals surface area contributed by atoms with Gasteiger partial charge in [0.25, 0.3) is 0 Å². The zero-order valence-electron chi connectivity index (χ0n) is 19.0. The summed E-state index contributed by atoms with van der Waals surface area (Å²) in [6.45, 7) is 6.43. The van der Waals surface area contributed by atoms with E-state index in [1.807, 2.05) is 74.2 Å². The molecule has 0 aliphatic heterocycles. The van der Waals surface area contributed by atoms with E-state index in [4.69, 9.17) is 4.74 Å². The highest BCUT2D eigenvalue weighted by atomic mass is 32.2. The molecule has 7 nitrogen and oxygen atoms in total. The Kier molecular flexibility index (Phi) is 7.10. The van der Waals surface area contributed by atoms with Gasteiger partial charge >= 0.3 is 0 Å². The van der Waals surface area contributed by atoms with Crippen LogP contribution >= 0.6 is 23.1 Å². The fraction of sp³-hybridized carbons (Fsp3) is 0.250. The minimum Gasteiger partial charge on any atom is -0.486 e. The lowest BCUT2D eigenvalue weighted by Crippen LogP contribution is -2.14. The number of nitrogens with zero attached hydrogens (tertiary/aromatic N) is 4. The molecule has 170 valence electrons. The number of rotatable bonds is 8. The van der Waals surface area contributed by atoms with Crippen LogP contribution in [0, 0.1) is 20.8 Å². The first-order chi connectivity index (χ1) is 15.9. The second-order valence-electron chi connectivity index (χ2n) is 7.81. The first-order valence-electron chi connectivity index (χ1n) is 10.4. The number of thioether (sulfide) groups is 1. The molecular weight excluding hydrogens is 454 g/mol. The first kappa shape index (κ1) is 23.0. The number of amides is 1. The first-order valence-corrected chi connectivity index (χ1v) is 12.3. The molecule has 4 aromatic rings. The van der Waals surface area contributed by atoms with Crippen LogP contribution in [-0.4, -0.2) is 31.4 Å². The van der Waals surface area contributed by atoms with Gasteiger partial charge in [0.15, 0.2) is 16.1 Å². The van der Waals surface area contributed by atoms with Crippen LogP contribution in [0.1, 0.15) is 22.5 Å². The molecule has 0 saturated carbocycles. The lowest BCUT2D eigenvalue weighted by atomic mass is 10.1. The number of thiazole rings is 1. The number of hydrogen-bond donors (Lipinski definition) is 1.